The first-order valence-corrected chi connectivity index (χ1v) is 9.56. The van der Waals surface area contributed by atoms with Gasteiger partial charge in [0.15, 0.2) is 0 Å². The molecule has 3 aromatic rings. The van der Waals surface area contributed by atoms with Crippen LogP contribution in [0.5, 0.6) is 0 Å². The molecule has 152 valence electrons. The van der Waals surface area contributed by atoms with Crippen LogP contribution < -0.4 is 10.5 Å². The van der Waals surface area contributed by atoms with E-state index in [9.17, 15) is 23.1 Å². The molecule has 0 bridgehead atoms. The summed E-state index contributed by atoms with van der Waals surface area (Å²) in [5.74, 6) is 0.311. The van der Waals surface area contributed by atoms with E-state index < -0.39 is 17.3 Å². The largest absolute Gasteiger partial charge is 0.417 e. The van der Waals surface area contributed by atoms with Crippen LogP contribution >= 0.6 is 0 Å². The molecule has 0 atom stereocenters. The first-order chi connectivity index (χ1) is 13.9. The fraction of sp³-hybridized carbons (Fsp3) is 0.318. The summed E-state index contributed by atoms with van der Waals surface area (Å²) in [6.07, 6.45) is -2.73. The highest BCUT2D eigenvalue weighted by Crippen LogP contribution is 2.36. The highest BCUT2D eigenvalue weighted by molar-refractivity contribution is 5.88. The van der Waals surface area contributed by atoms with E-state index in [1.807, 2.05) is 6.07 Å². The van der Waals surface area contributed by atoms with Gasteiger partial charge in [-0.1, -0.05) is 24.3 Å². The number of fused-ring (bicyclic) bond motifs is 1. The van der Waals surface area contributed by atoms with Gasteiger partial charge in [-0.3, -0.25) is 4.79 Å². The number of piperidine rings is 1. The predicted molar refractivity (Wildman–Crippen MR) is 107 cm³/mol. The summed E-state index contributed by atoms with van der Waals surface area (Å²) in [6, 6.07) is 12.3. The molecular weight excluding hydrogens is 381 g/mol. The number of aliphatic hydroxyl groups is 1. The van der Waals surface area contributed by atoms with Crippen LogP contribution in [-0.4, -0.2) is 29.8 Å². The van der Waals surface area contributed by atoms with Crippen molar-refractivity contribution in [1.82, 2.24) is 4.98 Å². The summed E-state index contributed by atoms with van der Waals surface area (Å²) in [6.45, 7) is 1.78. The molecule has 0 radical (unpaired) electrons. The van der Waals surface area contributed by atoms with E-state index in [-0.39, 0.29) is 17.9 Å². The Bertz CT molecular complexity index is 1080. The maximum absolute atomic E-state index is 13.3. The van der Waals surface area contributed by atoms with Crippen LogP contribution in [0.15, 0.2) is 53.3 Å². The van der Waals surface area contributed by atoms with E-state index in [4.69, 9.17) is 0 Å². The molecule has 0 aliphatic carbocycles. The molecule has 1 aliphatic rings. The van der Waals surface area contributed by atoms with Crippen LogP contribution in [0.1, 0.15) is 18.4 Å². The van der Waals surface area contributed by atoms with Crippen molar-refractivity contribution in [2.45, 2.75) is 19.0 Å². The third-order valence-electron chi connectivity index (χ3n) is 5.59. The number of nitrogens with zero attached hydrogens (tertiary/aromatic N) is 1. The predicted octanol–water partition coefficient (Wildman–Crippen LogP) is 4.42. The number of aliphatic hydroxyl groups excluding tert-OH is 1. The van der Waals surface area contributed by atoms with Crippen LogP contribution in [0, 0.1) is 5.92 Å². The molecule has 1 saturated heterocycles. The average Bonchev–Trinajstić information content (AvgIpc) is 2.73. The van der Waals surface area contributed by atoms with Crippen molar-refractivity contribution in [3.8, 4) is 11.3 Å². The Labute approximate surface area is 165 Å². The molecule has 1 fully saturated rings. The summed E-state index contributed by atoms with van der Waals surface area (Å²) in [7, 11) is 0. The number of H-pyrrole nitrogens is 1. The third-order valence-corrected chi connectivity index (χ3v) is 5.59. The molecule has 0 spiro atoms. The number of rotatable bonds is 3. The van der Waals surface area contributed by atoms with Crippen molar-refractivity contribution >= 4 is 16.5 Å². The Morgan fingerprint density at radius 1 is 1.07 bits per heavy atom. The Kier molecular flexibility index (Phi) is 5.08. The van der Waals surface area contributed by atoms with E-state index in [0.717, 1.165) is 37.7 Å². The van der Waals surface area contributed by atoms with Gasteiger partial charge in [-0.2, -0.15) is 13.2 Å². The Hall–Kier alpha value is -2.80. The molecule has 1 aliphatic heterocycles. The molecule has 0 amide bonds. The lowest BCUT2D eigenvalue weighted by Crippen LogP contribution is -2.34. The van der Waals surface area contributed by atoms with Gasteiger partial charge in [0.2, 0.25) is 0 Å². The van der Waals surface area contributed by atoms with Crippen molar-refractivity contribution in [3.05, 3.63) is 64.4 Å². The molecule has 29 heavy (non-hydrogen) atoms. The van der Waals surface area contributed by atoms with Crippen LogP contribution in [0.2, 0.25) is 0 Å². The van der Waals surface area contributed by atoms with Crippen LogP contribution in [0.25, 0.3) is 22.0 Å². The summed E-state index contributed by atoms with van der Waals surface area (Å²) in [4.78, 5) is 17.5. The third kappa shape index (κ3) is 3.87. The fourth-order valence-corrected chi connectivity index (χ4v) is 3.93. The van der Waals surface area contributed by atoms with Crippen molar-refractivity contribution in [3.63, 3.8) is 0 Å². The van der Waals surface area contributed by atoms with Crippen LogP contribution in [0.3, 0.4) is 0 Å². The Morgan fingerprint density at radius 3 is 2.48 bits per heavy atom. The second-order valence-corrected chi connectivity index (χ2v) is 7.44. The van der Waals surface area contributed by atoms with Crippen molar-refractivity contribution in [1.29, 1.82) is 0 Å². The Morgan fingerprint density at radius 2 is 1.79 bits per heavy atom. The molecule has 1 aromatic heterocycles. The van der Waals surface area contributed by atoms with Gasteiger partial charge in [0.25, 0.3) is 5.56 Å². The maximum atomic E-state index is 13.3. The zero-order chi connectivity index (χ0) is 20.6. The van der Waals surface area contributed by atoms with E-state index in [2.05, 4.69) is 9.88 Å². The molecule has 2 heterocycles. The number of benzene rings is 2. The quantitative estimate of drug-likeness (QED) is 0.682. The van der Waals surface area contributed by atoms with Gasteiger partial charge in [0, 0.05) is 42.0 Å². The van der Waals surface area contributed by atoms with Crippen LogP contribution in [0.4, 0.5) is 18.9 Å². The highest BCUT2D eigenvalue weighted by Gasteiger charge is 2.33. The molecule has 4 rings (SSSR count). The summed E-state index contributed by atoms with van der Waals surface area (Å²) >= 11 is 0. The number of anilines is 1. The minimum atomic E-state index is -4.51. The minimum Gasteiger partial charge on any atom is -0.396 e. The van der Waals surface area contributed by atoms with Gasteiger partial charge in [-0.05, 0) is 48.4 Å². The average molecular weight is 402 g/mol. The molecule has 7 heteroatoms. The zero-order valence-corrected chi connectivity index (χ0v) is 15.7. The van der Waals surface area contributed by atoms with Crippen molar-refractivity contribution < 1.29 is 18.3 Å². The van der Waals surface area contributed by atoms with E-state index in [1.165, 1.54) is 18.2 Å². The topological polar surface area (TPSA) is 56.3 Å². The normalized spacial score (nSPS) is 15.8. The first kappa shape index (κ1) is 19.5. The first-order valence-electron chi connectivity index (χ1n) is 9.56. The zero-order valence-electron chi connectivity index (χ0n) is 15.7. The number of aromatic amines is 1. The Balaban J connectivity index is 1.72. The van der Waals surface area contributed by atoms with Crippen molar-refractivity contribution in [2.24, 2.45) is 5.92 Å². The van der Waals surface area contributed by atoms with Gasteiger partial charge in [0.1, 0.15) is 0 Å². The van der Waals surface area contributed by atoms with Gasteiger partial charge in [0.05, 0.1) is 5.56 Å². The van der Waals surface area contributed by atoms with Gasteiger partial charge in [-0.25, -0.2) is 0 Å². The lowest BCUT2D eigenvalue weighted by Gasteiger charge is -2.33. The number of alkyl halides is 3. The van der Waals surface area contributed by atoms with E-state index in [0.29, 0.717) is 16.7 Å². The molecule has 4 nitrogen and oxygen atoms in total. The number of nitrogens with one attached hydrogen (secondary N) is 1. The van der Waals surface area contributed by atoms with Crippen LogP contribution in [-0.2, 0) is 6.18 Å². The second kappa shape index (κ2) is 7.55. The molecule has 0 unspecified atom stereocenters. The van der Waals surface area contributed by atoms with Gasteiger partial charge >= 0.3 is 6.18 Å². The lowest BCUT2D eigenvalue weighted by atomic mass is 9.97. The smallest absolute Gasteiger partial charge is 0.396 e. The summed E-state index contributed by atoms with van der Waals surface area (Å²) in [5, 5.41) is 10.3. The molecule has 2 aromatic carbocycles. The van der Waals surface area contributed by atoms with Gasteiger partial charge in [-0.15, -0.1) is 0 Å². The summed E-state index contributed by atoms with van der Waals surface area (Å²) in [5.41, 5.74) is -0.191. The number of hydrogen-bond acceptors (Lipinski definition) is 3. The van der Waals surface area contributed by atoms with E-state index >= 15 is 0 Å². The number of pyridine rings is 1. The lowest BCUT2D eigenvalue weighted by molar-refractivity contribution is -0.137. The summed E-state index contributed by atoms with van der Waals surface area (Å²) < 4.78 is 40.0. The standard InChI is InChI=1S/C22H21F3N2O2/c23-22(24,25)19-4-2-1-3-17(19)20-11-15-5-6-16(12-18(15)21(29)26-20)27-9-7-14(13-28)8-10-27/h1-6,11-12,14,28H,7-10,13H2,(H,26,29). The number of aromatic nitrogens is 1. The molecular formula is C22H21F3N2O2. The number of hydrogen-bond donors (Lipinski definition) is 2. The van der Waals surface area contributed by atoms with Gasteiger partial charge < -0.3 is 15.0 Å². The molecule has 0 saturated carbocycles. The van der Waals surface area contributed by atoms with E-state index in [1.54, 1.807) is 18.2 Å². The fourth-order valence-electron chi connectivity index (χ4n) is 3.93. The number of halogens is 3. The molecule has 2 N–H and O–H groups in total. The SMILES string of the molecule is O=c1[nH]c(-c2ccccc2C(F)(F)F)cc2ccc(N3CCC(CO)CC3)cc12. The monoisotopic (exact) mass is 402 g/mol. The van der Waals surface area contributed by atoms with Crippen molar-refractivity contribution in [2.75, 3.05) is 24.6 Å². The highest BCUT2D eigenvalue weighted by atomic mass is 19.4. The minimum absolute atomic E-state index is 0.0471. The second-order valence-electron chi connectivity index (χ2n) is 7.44. The maximum Gasteiger partial charge on any atom is 0.417 e.